The lowest BCUT2D eigenvalue weighted by Gasteiger charge is -2.17. The van der Waals surface area contributed by atoms with E-state index in [0.717, 1.165) is 61.8 Å². The molecular weight excluding hydrogens is 617 g/mol. The highest BCUT2D eigenvalue weighted by Crippen LogP contribution is 2.42. The van der Waals surface area contributed by atoms with Crippen LogP contribution in [0.1, 0.15) is 0 Å². The first-order chi connectivity index (χ1) is 24.3. The van der Waals surface area contributed by atoms with Crippen molar-refractivity contribution in [1.29, 1.82) is 0 Å². The molecule has 10 aromatic rings. The van der Waals surface area contributed by atoms with Crippen LogP contribution in [-0.2, 0) is 0 Å². The van der Waals surface area contributed by atoms with Crippen LogP contribution in [-0.4, -0.2) is 19.1 Å². The molecule has 0 radical (unpaired) electrons. The molecule has 0 amide bonds. The fraction of sp³-hybridized carbons (Fsp3) is 0. The Morgan fingerprint density at radius 2 is 0.918 bits per heavy atom. The SMILES string of the molecule is c1ccc(-c2nc3ccccc3n2-c2cc(-c3cccc4sc5ccccc5c34)cc(-n3c(-c4ccccc4)nc4ccccc43)c2)cc1. The zero-order chi connectivity index (χ0) is 32.3. The summed E-state index contributed by atoms with van der Waals surface area (Å²) in [5.41, 5.74) is 10.6. The highest BCUT2D eigenvalue weighted by Gasteiger charge is 2.20. The number of para-hydroxylation sites is 4. The van der Waals surface area contributed by atoms with Gasteiger partial charge in [-0.05, 0) is 65.7 Å². The van der Waals surface area contributed by atoms with E-state index >= 15 is 0 Å². The van der Waals surface area contributed by atoms with Gasteiger partial charge in [-0.2, -0.15) is 0 Å². The number of rotatable bonds is 5. The first kappa shape index (κ1) is 27.8. The predicted octanol–water partition coefficient (Wildman–Crippen LogP) is 11.7. The van der Waals surface area contributed by atoms with Crippen LogP contribution < -0.4 is 0 Å². The van der Waals surface area contributed by atoms with Crippen molar-refractivity contribution in [3.8, 4) is 45.3 Å². The fourth-order valence-electron chi connectivity index (χ4n) is 7.16. The van der Waals surface area contributed by atoms with Gasteiger partial charge in [0.05, 0.1) is 33.4 Å². The Hall–Kier alpha value is -6.30. The molecule has 230 valence electrons. The van der Waals surface area contributed by atoms with Crippen LogP contribution >= 0.6 is 11.3 Å². The maximum atomic E-state index is 5.20. The van der Waals surface area contributed by atoms with Crippen molar-refractivity contribution in [3.63, 3.8) is 0 Å². The molecule has 0 spiro atoms. The largest absolute Gasteiger partial charge is 0.292 e. The quantitative estimate of drug-likeness (QED) is 0.187. The van der Waals surface area contributed by atoms with Crippen LogP contribution in [0.2, 0.25) is 0 Å². The lowest BCUT2D eigenvalue weighted by Crippen LogP contribution is -2.03. The summed E-state index contributed by atoms with van der Waals surface area (Å²) in [4.78, 5) is 10.4. The van der Waals surface area contributed by atoms with Crippen molar-refractivity contribution < 1.29 is 0 Å². The molecule has 49 heavy (non-hydrogen) atoms. The number of nitrogens with zero attached hydrogens (tertiary/aromatic N) is 4. The number of benzene rings is 7. The van der Waals surface area contributed by atoms with Gasteiger partial charge >= 0.3 is 0 Å². The summed E-state index contributed by atoms with van der Waals surface area (Å²) >= 11 is 1.85. The smallest absolute Gasteiger partial charge is 0.145 e. The number of imidazole rings is 2. The lowest BCUT2D eigenvalue weighted by molar-refractivity contribution is 1.07. The molecule has 0 saturated heterocycles. The Morgan fingerprint density at radius 3 is 1.53 bits per heavy atom. The second kappa shape index (κ2) is 11.2. The molecule has 4 nitrogen and oxygen atoms in total. The molecule has 10 rings (SSSR count). The minimum absolute atomic E-state index is 0.905. The summed E-state index contributed by atoms with van der Waals surface area (Å²) in [5.74, 6) is 1.81. The molecule has 0 fully saturated rings. The van der Waals surface area contributed by atoms with Crippen molar-refractivity contribution >= 4 is 53.6 Å². The van der Waals surface area contributed by atoms with E-state index in [-0.39, 0.29) is 0 Å². The van der Waals surface area contributed by atoms with E-state index in [2.05, 4.69) is 179 Å². The van der Waals surface area contributed by atoms with Crippen molar-refractivity contribution in [2.75, 3.05) is 0 Å². The summed E-state index contributed by atoms with van der Waals surface area (Å²) in [7, 11) is 0. The standard InChI is InChI=1S/C44H28N4S/c1-3-14-29(15-4-1)43-45-36-20-8-10-22-38(36)47(43)32-26-31(34-19-13-25-41-42(34)35-18-7-12-24-40(35)49-41)27-33(28-32)48-39-23-11-9-21-37(39)46-44(48)30-16-5-2-6-17-30/h1-28H. The molecule has 0 N–H and O–H groups in total. The minimum atomic E-state index is 0.905. The van der Waals surface area contributed by atoms with Crippen molar-refractivity contribution in [3.05, 3.63) is 170 Å². The first-order valence-electron chi connectivity index (χ1n) is 16.4. The third-order valence-electron chi connectivity index (χ3n) is 9.32. The second-order valence-electron chi connectivity index (χ2n) is 12.3. The van der Waals surface area contributed by atoms with E-state index in [1.54, 1.807) is 0 Å². The molecule has 0 aliphatic carbocycles. The van der Waals surface area contributed by atoms with E-state index < -0.39 is 0 Å². The van der Waals surface area contributed by atoms with Gasteiger partial charge in [0.15, 0.2) is 0 Å². The monoisotopic (exact) mass is 644 g/mol. The van der Waals surface area contributed by atoms with Crippen molar-refractivity contribution in [1.82, 2.24) is 19.1 Å². The summed E-state index contributed by atoms with van der Waals surface area (Å²) in [6.45, 7) is 0. The predicted molar refractivity (Wildman–Crippen MR) is 205 cm³/mol. The molecule has 0 unspecified atom stereocenters. The van der Waals surface area contributed by atoms with Gasteiger partial charge in [-0.1, -0.05) is 115 Å². The Bertz CT molecular complexity index is 2690. The number of hydrogen-bond acceptors (Lipinski definition) is 3. The van der Waals surface area contributed by atoms with Crippen molar-refractivity contribution in [2.45, 2.75) is 0 Å². The topological polar surface area (TPSA) is 35.6 Å². The highest BCUT2D eigenvalue weighted by atomic mass is 32.1. The van der Waals surface area contributed by atoms with E-state index in [1.807, 2.05) is 11.3 Å². The maximum Gasteiger partial charge on any atom is 0.145 e. The average Bonchev–Trinajstić information content (AvgIpc) is 3.87. The number of fused-ring (bicyclic) bond motifs is 5. The number of hydrogen-bond donors (Lipinski definition) is 0. The molecule has 0 aliphatic heterocycles. The number of aromatic nitrogens is 4. The minimum Gasteiger partial charge on any atom is -0.292 e. The van der Waals surface area contributed by atoms with Gasteiger partial charge in [-0.3, -0.25) is 9.13 Å². The summed E-state index contributed by atoms with van der Waals surface area (Å²) in [6, 6.07) is 60.1. The Labute approximate surface area is 286 Å². The van der Waals surface area contributed by atoms with Gasteiger partial charge < -0.3 is 0 Å². The van der Waals surface area contributed by atoms with Gasteiger partial charge in [0, 0.05) is 31.3 Å². The lowest BCUT2D eigenvalue weighted by atomic mass is 9.98. The zero-order valence-electron chi connectivity index (χ0n) is 26.4. The second-order valence-corrected chi connectivity index (χ2v) is 13.3. The van der Waals surface area contributed by atoms with Crippen molar-refractivity contribution in [2.24, 2.45) is 0 Å². The maximum absolute atomic E-state index is 5.20. The molecule has 0 atom stereocenters. The van der Waals surface area contributed by atoms with Gasteiger partial charge in [-0.15, -0.1) is 11.3 Å². The third-order valence-corrected chi connectivity index (χ3v) is 10.5. The third kappa shape index (κ3) is 4.51. The fourth-order valence-corrected chi connectivity index (χ4v) is 8.29. The first-order valence-corrected chi connectivity index (χ1v) is 17.2. The molecule has 3 heterocycles. The summed E-state index contributed by atoms with van der Waals surface area (Å²) in [5, 5.41) is 2.56. The van der Waals surface area contributed by atoms with E-state index in [4.69, 9.17) is 9.97 Å². The molecule has 0 aliphatic rings. The normalized spacial score (nSPS) is 11.7. The molecule has 0 saturated carbocycles. The van der Waals surface area contributed by atoms with Gasteiger partial charge in [-0.25, -0.2) is 9.97 Å². The van der Waals surface area contributed by atoms with Crippen LogP contribution in [0.15, 0.2) is 170 Å². The zero-order valence-corrected chi connectivity index (χ0v) is 27.2. The highest BCUT2D eigenvalue weighted by molar-refractivity contribution is 7.25. The van der Waals surface area contributed by atoms with Crippen LogP contribution in [0.3, 0.4) is 0 Å². The number of thiophene rings is 1. The van der Waals surface area contributed by atoms with Crippen LogP contribution in [0.4, 0.5) is 0 Å². The Kier molecular flexibility index (Phi) is 6.32. The summed E-state index contributed by atoms with van der Waals surface area (Å²) in [6.07, 6.45) is 0. The van der Waals surface area contributed by atoms with Crippen LogP contribution in [0.25, 0.3) is 87.5 Å². The summed E-state index contributed by atoms with van der Waals surface area (Å²) < 4.78 is 7.19. The van der Waals surface area contributed by atoms with Gasteiger partial charge in [0.2, 0.25) is 0 Å². The average molecular weight is 645 g/mol. The molecular formula is C44H28N4S. The molecule has 0 bridgehead atoms. The van der Waals surface area contributed by atoms with E-state index in [9.17, 15) is 0 Å². The van der Waals surface area contributed by atoms with Gasteiger partial charge in [0.25, 0.3) is 0 Å². The van der Waals surface area contributed by atoms with E-state index in [0.29, 0.717) is 0 Å². The Morgan fingerprint density at radius 1 is 0.408 bits per heavy atom. The molecule has 5 heteroatoms. The van der Waals surface area contributed by atoms with Gasteiger partial charge in [0.1, 0.15) is 11.6 Å². The Balaban J connectivity index is 1.33. The van der Waals surface area contributed by atoms with Crippen LogP contribution in [0.5, 0.6) is 0 Å². The molecule has 7 aromatic carbocycles. The molecule has 3 aromatic heterocycles. The van der Waals surface area contributed by atoms with Crippen LogP contribution in [0, 0.1) is 0 Å². The van der Waals surface area contributed by atoms with E-state index in [1.165, 1.54) is 25.7 Å².